The third kappa shape index (κ3) is 2.96. The molecule has 1 aromatic rings. The molecule has 0 bridgehead atoms. The standard InChI is InChI=1S/C10H17N3O/c1-7(2)5-9-12-6-8(3-4-11)10(14)13-9/h6-7H,3-5,11H2,1-2H3,(H,12,13,14). The maximum absolute atomic E-state index is 11.5. The van der Waals surface area contributed by atoms with E-state index in [4.69, 9.17) is 5.73 Å². The van der Waals surface area contributed by atoms with Crippen molar-refractivity contribution in [1.82, 2.24) is 9.97 Å². The number of rotatable bonds is 4. The van der Waals surface area contributed by atoms with Crippen LogP contribution in [0.4, 0.5) is 0 Å². The van der Waals surface area contributed by atoms with E-state index in [0.717, 1.165) is 12.2 Å². The van der Waals surface area contributed by atoms with Gasteiger partial charge in [-0.1, -0.05) is 13.8 Å². The number of hydrogen-bond acceptors (Lipinski definition) is 3. The molecular weight excluding hydrogens is 178 g/mol. The molecule has 0 saturated heterocycles. The SMILES string of the molecule is CC(C)Cc1ncc(CCN)c(=O)[nH]1. The van der Waals surface area contributed by atoms with E-state index in [1.54, 1.807) is 6.20 Å². The summed E-state index contributed by atoms with van der Waals surface area (Å²) in [5.74, 6) is 1.25. The number of hydrogen-bond donors (Lipinski definition) is 2. The van der Waals surface area contributed by atoms with Gasteiger partial charge in [-0.25, -0.2) is 4.98 Å². The van der Waals surface area contributed by atoms with E-state index in [2.05, 4.69) is 23.8 Å². The molecule has 3 N–H and O–H groups in total. The minimum atomic E-state index is -0.0545. The lowest BCUT2D eigenvalue weighted by Crippen LogP contribution is -2.19. The zero-order valence-corrected chi connectivity index (χ0v) is 8.71. The molecule has 0 unspecified atom stereocenters. The van der Waals surface area contributed by atoms with Crippen LogP contribution in [-0.2, 0) is 12.8 Å². The van der Waals surface area contributed by atoms with Crippen LogP contribution in [-0.4, -0.2) is 16.5 Å². The molecule has 4 heteroatoms. The second-order valence-electron chi connectivity index (χ2n) is 3.82. The van der Waals surface area contributed by atoms with Crippen molar-refractivity contribution in [3.05, 3.63) is 27.9 Å². The van der Waals surface area contributed by atoms with Crippen molar-refractivity contribution in [3.8, 4) is 0 Å². The quantitative estimate of drug-likeness (QED) is 0.733. The molecule has 0 aliphatic carbocycles. The van der Waals surface area contributed by atoms with Crippen LogP contribution < -0.4 is 11.3 Å². The van der Waals surface area contributed by atoms with Gasteiger partial charge in [-0.2, -0.15) is 0 Å². The Morgan fingerprint density at radius 1 is 1.57 bits per heavy atom. The zero-order chi connectivity index (χ0) is 10.6. The van der Waals surface area contributed by atoms with E-state index in [1.165, 1.54) is 0 Å². The van der Waals surface area contributed by atoms with Crippen molar-refractivity contribution in [1.29, 1.82) is 0 Å². The summed E-state index contributed by atoms with van der Waals surface area (Å²) >= 11 is 0. The van der Waals surface area contributed by atoms with Crippen LogP contribution >= 0.6 is 0 Å². The molecule has 1 rings (SSSR count). The lowest BCUT2D eigenvalue weighted by Gasteiger charge is -2.04. The van der Waals surface area contributed by atoms with Gasteiger partial charge in [0.15, 0.2) is 0 Å². The molecule has 0 radical (unpaired) electrons. The summed E-state index contributed by atoms with van der Waals surface area (Å²) < 4.78 is 0. The maximum Gasteiger partial charge on any atom is 0.254 e. The lowest BCUT2D eigenvalue weighted by molar-refractivity contribution is 0.617. The number of nitrogens with one attached hydrogen (secondary N) is 1. The molecule has 0 aromatic carbocycles. The summed E-state index contributed by atoms with van der Waals surface area (Å²) in [6.45, 7) is 4.66. The molecule has 0 aliphatic rings. The summed E-state index contributed by atoms with van der Waals surface area (Å²) in [4.78, 5) is 18.4. The van der Waals surface area contributed by atoms with Crippen LogP contribution in [0.2, 0.25) is 0 Å². The van der Waals surface area contributed by atoms with E-state index in [0.29, 0.717) is 24.4 Å². The van der Waals surface area contributed by atoms with Gasteiger partial charge in [0.1, 0.15) is 5.82 Å². The highest BCUT2D eigenvalue weighted by molar-refractivity contribution is 5.06. The van der Waals surface area contributed by atoms with Gasteiger partial charge >= 0.3 is 0 Å². The van der Waals surface area contributed by atoms with Gasteiger partial charge in [0, 0.05) is 18.2 Å². The summed E-state index contributed by atoms with van der Waals surface area (Å²) in [5, 5.41) is 0. The highest BCUT2D eigenvalue weighted by Crippen LogP contribution is 2.00. The third-order valence-corrected chi connectivity index (χ3v) is 1.94. The maximum atomic E-state index is 11.5. The highest BCUT2D eigenvalue weighted by atomic mass is 16.1. The van der Waals surface area contributed by atoms with Crippen LogP contribution in [0.25, 0.3) is 0 Å². The molecule has 78 valence electrons. The number of aromatic amines is 1. The Balaban J connectivity index is 2.84. The van der Waals surface area contributed by atoms with E-state index in [-0.39, 0.29) is 5.56 Å². The Labute approximate surface area is 83.6 Å². The molecule has 0 amide bonds. The predicted molar refractivity (Wildman–Crippen MR) is 56.2 cm³/mol. The van der Waals surface area contributed by atoms with E-state index in [1.807, 2.05) is 0 Å². The topological polar surface area (TPSA) is 71.8 Å². The van der Waals surface area contributed by atoms with Gasteiger partial charge in [-0.05, 0) is 18.9 Å². The van der Waals surface area contributed by atoms with Crippen LogP contribution in [0.5, 0.6) is 0 Å². The summed E-state index contributed by atoms with van der Waals surface area (Å²) in [6.07, 6.45) is 3.02. The molecule has 4 nitrogen and oxygen atoms in total. The van der Waals surface area contributed by atoms with Gasteiger partial charge in [0.25, 0.3) is 5.56 Å². The average molecular weight is 195 g/mol. The zero-order valence-electron chi connectivity index (χ0n) is 8.71. The Morgan fingerprint density at radius 3 is 2.79 bits per heavy atom. The Hall–Kier alpha value is -1.16. The number of H-pyrrole nitrogens is 1. The predicted octanol–water partition coefficient (Wildman–Crippen LogP) is 0.470. The van der Waals surface area contributed by atoms with Gasteiger partial charge in [-0.15, -0.1) is 0 Å². The van der Waals surface area contributed by atoms with Gasteiger partial charge < -0.3 is 10.7 Å². The Morgan fingerprint density at radius 2 is 2.29 bits per heavy atom. The first-order valence-corrected chi connectivity index (χ1v) is 4.90. The highest BCUT2D eigenvalue weighted by Gasteiger charge is 2.03. The number of nitrogens with two attached hydrogens (primary N) is 1. The second-order valence-corrected chi connectivity index (χ2v) is 3.82. The molecule has 0 spiro atoms. The average Bonchev–Trinajstić information content (AvgIpc) is 2.09. The van der Waals surface area contributed by atoms with Gasteiger partial charge in [-0.3, -0.25) is 4.79 Å². The second kappa shape index (κ2) is 4.91. The monoisotopic (exact) mass is 195 g/mol. The largest absolute Gasteiger partial charge is 0.330 e. The minimum absolute atomic E-state index is 0.0545. The fourth-order valence-electron chi connectivity index (χ4n) is 1.28. The van der Waals surface area contributed by atoms with Crippen LogP contribution in [0.15, 0.2) is 11.0 Å². The molecule has 0 atom stereocenters. The normalized spacial score (nSPS) is 10.9. The third-order valence-electron chi connectivity index (χ3n) is 1.94. The summed E-state index contributed by atoms with van der Waals surface area (Å²) in [5.41, 5.74) is 5.98. The number of aromatic nitrogens is 2. The number of nitrogens with zero attached hydrogens (tertiary/aromatic N) is 1. The first-order chi connectivity index (χ1) is 6.63. The molecular formula is C10H17N3O. The molecule has 1 heterocycles. The molecule has 0 fully saturated rings. The molecule has 0 aliphatic heterocycles. The van der Waals surface area contributed by atoms with E-state index >= 15 is 0 Å². The summed E-state index contributed by atoms with van der Waals surface area (Å²) in [6, 6.07) is 0. The van der Waals surface area contributed by atoms with Crippen LogP contribution in [0, 0.1) is 5.92 Å². The van der Waals surface area contributed by atoms with Gasteiger partial charge in [0.2, 0.25) is 0 Å². The fraction of sp³-hybridized carbons (Fsp3) is 0.600. The lowest BCUT2D eigenvalue weighted by atomic mass is 10.1. The minimum Gasteiger partial charge on any atom is -0.330 e. The van der Waals surface area contributed by atoms with Gasteiger partial charge in [0.05, 0.1) is 0 Å². The smallest absolute Gasteiger partial charge is 0.254 e. The molecule has 0 saturated carbocycles. The summed E-state index contributed by atoms with van der Waals surface area (Å²) in [7, 11) is 0. The Kier molecular flexibility index (Phi) is 3.83. The fourth-order valence-corrected chi connectivity index (χ4v) is 1.28. The molecule has 1 aromatic heterocycles. The van der Waals surface area contributed by atoms with Crippen molar-refractivity contribution >= 4 is 0 Å². The van der Waals surface area contributed by atoms with Crippen LogP contribution in [0.1, 0.15) is 25.2 Å². The van der Waals surface area contributed by atoms with E-state index < -0.39 is 0 Å². The first kappa shape index (κ1) is 10.9. The van der Waals surface area contributed by atoms with Crippen molar-refractivity contribution in [3.63, 3.8) is 0 Å². The van der Waals surface area contributed by atoms with Crippen molar-refractivity contribution < 1.29 is 0 Å². The van der Waals surface area contributed by atoms with E-state index in [9.17, 15) is 4.79 Å². The van der Waals surface area contributed by atoms with Crippen LogP contribution in [0.3, 0.4) is 0 Å². The van der Waals surface area contributed by atoms with Crippen molar-refractivity contribution in [2.75, 3.05) is 6.54 Å². The van der Waals surface area contributed by atoms with Crippen molar-refractivity contribution in [2.24, 2.45) is 11.7 Å². The molecule has 14 heavy (non-hydrogen) atoms. The Bertz CT molecular complexity index is 343. The first-order valence-electron chi connectivity index (χ1n) is 4.90. The van der Waals surface area contributed by atoms with Crippen molar-refractivity contribution in [2.45, 2.75) is 26.7 Å².